The average Bonchev–Trinajstić information content (AvgIpc) is 2.11. The number of halogens is 3. The quantitative estimate of drug-likeness (QED) is 0.814. The molecular weight excluding hydrogens is 219 g/mol. The Morgan fingerprint density at radius 1 is 1.19 bits per heavy atom. The lowest BCUT2D eigenvalue weighted by Gasteiger charge is -2.11. The minimum atomic E-state index is -4.30. The Hall–Kier alpha value is -1.23. The number of alkyl halides is 3. The Kier molecular flexibility index (Phi) is 3.80. The van der Waals surface area contributed by atoms with Gasteiger partial charge in [-0.1, -0.05) is 6.07 Å². The van der Waals surface area contributed by atoms with Gasteiger partial charge in [-0.15, -0.1) is 0 Å². The highest BCUT2D eigenvalue weighted by atomic mass is 19.4. The van der Waals surface area contributed by atoms with Crippen LogP contribution in [-0.2, 0) is 11.3 Å². The van der Waals surface area contributed by atoms with Crippen LogP contribution in [0, 0.1) is 13.8 Å². The molecule has 0 saturated heterocycles. The lowest BCUT2D eigenvalue weighted by molar-refractivity contribution is -0.176. The van der Waals surface area contributed by atoms with Gasteiger partial charge < -0.3 is 10.5 Å². The number of benzene rings is 1. The van der Waals surface area contributed by atoms with Crippen molar-refractivity contribution in [1.82, 2.24) is 0 Å². The zero-order valence-corrected chi connectivity index (χ0v) is 9.19. The fraction of sp³-hybridized carbons (Fsp3) is 0.455. The van der Waals surface area contributed by atoms with Crippen LogP contribution in [-0.4, -0.2) is 12.8 Å². The molecule has 0 aliphatic carbocycles. The van der Waals surface area contributed by atoms with E-state index in [1.54, 1.807) is 12.1 Å². The standard InChI is InChI=1S/C11H14F3NO/c1-7-3-9(10(15)4-8(7)2)5-16-6-11(12,13)14/h3-4H,5-6,15H2,1-2H3. The number of ether oxygens (including phenoxy) is 1. The molecule has 1 rings (SSSR count). The molecular formula is C11H14F3NO. The van der Waals surface area contributed by atoms with Gasteiger partial charge in [-0.2, -0.15) is 13.2 Å². The summed E-state index contributed by atoms with van der Waals surface area (Å²) in [6, 6.07) is 3.49. The second-order valence-corrected chi connectivity index (χ2v) is 3.74. The molecule has 0 aliphatic rings. The number of anilines is 1. The molecule has 1 aromatic rings. The SMILES string of the molecule is Cc1cc(N)c(COCC(F)(F)F)cc1C. The zero-order valence-electron chi connectivity index (χ0n) is 9.19. The fourth-order valence-corrected chi connectivity index (χ4v) is 1.30. The van der Waals surface area contributed by atoms with E-state index in [1.165, 1.54) is 0 Å². The molecule has 0 amide bonds. The molecule has 0 fully saturated rings. The zero-order chi connectivity index (χ0) is 12.3. The third kappa shape index (κ3) is 3.73. The highest BCUT2D eigenvalue weighted by molar-refractivity contribution is 5.51. The molecule has 2 nitrogen and oxygen atoms in total. The predicted molar refractivity (Wildman–Crippen MR) is 56.0 cm³/mol. The summed E-state index contributed by atoms with van der Waals surface area (Å²) in [6.45, 7) is 2.40. The van der Waals surface area contributed by atoms with Crippen molar-refractivity contribution in [3.63, 3.8) is 0 Å². The van der Waals surface area contributed by atoms with Crippen molar-refractivity contribution < 1.29 is 17.9 Å². The van der Waals surface area contributed by atoms with Crippen molar-refractivity contribution in [2.75, 3.05) is 12.3 Å². The number of nitrogen functional groups attached to an aromatic ring is 1. The van der Waals surface area contributed by atoms with E-state index in [1.807, 2.05) is 13.8 Å². The summed E-state index contributed by atoms with van der Waals surface area (Å²) >= 11 is 0. The Balaban J connectivity index is 2.64. The molecule has 0 radical (unpaired) electrons. The second-order valence-electron chi connectivity index (χ2n) is 3.74. The average molecular weight is 233 g/mol. The first-order valence-corrected chi connectivity index (χ1v) is 4.79. The van der Waals surface area contributed by atoms with Crippen molar-refractivity contribution >= 4 is 5.69 Å². The van der Waals surface area contributed by atoms with Crippen LogP contribution in [0.5, 0.6) is 0 Å². The smallest absolute Gasteiger partial charge is 0.398 e. The third-order valence-corrected chi connectivity index (χ3v) is 2.28. The van der Waals surface area contributed by atoms with Crippen molar-refractivity contribution in [2.24, 2.45) is 0 Å². The van der Waals surface area contributed by atoms with Crippen LogP contribution in [0.25, 0.3) is 0 Å². The van der Waals surface area contributed by atoms with Crippen LogP contribution >= 0.6 is 0 Å². The number of hydrogen-bond donors (Lipinski definition) is 1. The van der Waals surface area contributed by atoms with Gasteiger partial charge in [-0.3, -0.25) is 0 Å². The molecule has 0 heterocycles. The molecule has 2 N–H and O–H groups in total. The molecule has 0 aromatic heterocycles. The number of aryl methyl sites for hydroxylation is 2. The molecule has 16 heavy (non-hydrogen) atoms. The van der Waals surface area contributed by atoms with Crippen molar-refractivity contribution in [1.29, 1.82) is 0 Å². The second kappa shape index (κ2) is 4.74. The van der Waals surface area contributed by atoms with E-state index >= 15 is 0 Å². The van der Waals surface area contributed by atoms with Crippen LogP contribution < -0.4 is 5.73 Å². The van der Waals surface area contributed by atoms with Crippen molar-refractivity contribution in [2.45, 2.75) is 26.6 Å². The minimum Gasteiger partial charge on any atom is -0.398 e. The molecule has 0 spiro atoms. The molecule has 1 aromatic carbocycles. The summed E-state index contributed by atoms with van der Waals surface area (Å²) in [7, 11) is 0. The summed E-state index contributed by atoms with van der Waals surface area (Å²) in [5.74, 6) is 0. The predicted octanol–water partition coefficient (Wildman–Crippen LogP) is 2.96. The van der Waals surface area contributed by atoms with Gasteiger partial charge in [0, 0.05) is 11.3 Å². The van der Waals surface area contributed by atoms with Gasteiger partial charge in [0.1, 0.15) is 6.61 Å². The number of rotatable bonds is 3. The fourth-order valence-electron chi connectivity index (χ4n) is 1.30. The first-order chi connectivity index (χ1) is 7.29. The lowest BCUT2D eigenvalue weighted by Crippen LogP contribution is -2.17. The van der Waals surface area contributed by atoms with Crippen LogP contribution in [0.15, 0.2) is 12.1 Å². The maximum atomic E-state index is 11.8. The molecule has 0 saturated carbocycles. The van der Waals surface area contributed by atoms with E-state index in [0.29, 0.717) is 11.3 Å². The van der Waals surface area contributed by atoms with Gasteiger partial charge >= 0.3 is 6.18 Å². The number of hydrogen-bond acceptors (Lipinski definition) is 2. The Morgan fingerprint density at radius 2 is 1.75 bits per heavy atom. The summed E-state index contributed by atoms with van der Waals surface area (Å²) in [5, 5.41) is 0. The van der Waals surface area contributed by atoms with E-state index in [9.17, 15) is 13.2 Å². The van der Waals surface area contributed by atoms with Crippen LogP contribution in [0.3, 0.4) is 0 Å². The molecule has 5 heteroatoms. The third-order valence-electron chi connectivity index (χ3n) is 2.28. The van der Waals surface area contributed by atoms with Gasteiger partial charge in [-0.25, -0.2) is 0 Å². The molecule has 0 atom stereocenters. The maximum absolute atomic E-state index is 11.8. The van der Waals surface area contributed by atoms with Crippen molar-refractivity contribution in [3.8, 4) is 0 Å². The topological polar surface area (TPSA) is 35.2 Å². The molecule has 0 unspecified atom stereocenters. The first kappa shape index (κ1) is 12.8. The van der Waals surface area contributed by atoms with Gasteiger partial charge in [0.05, 0.1) is 6.61 Å². The Labute approximate surface area is 92.2 Å². The maximum Gasteiger partial charge on any atom is 0.411 e. The summed E-state index contributed by atoms with van der Waals surface area (Å²) in [4.78, 5) is 0. The summed E-state index contributed by atoms with van der Waals surface area (Å²) in [5.41, 5.74) is 8.73. The van der Waals surface area contributed by atoms with E-state index in [-0.39, 0.29) is 6.61 Å². The van der Waals surface area contributed by atoms with Crippen LogP contribution in [0.1, 0.15) is 16.7 Å². The minimum absolute atomic E-state index is 0.119. The number of nitrogens with two attached hydrogens (primary N) is 1. The van der Waals surface area contributed by atoms with Gasteiger partial charge in [-0.05, 0) is 31.0 Å². The van der Waals surface area contributed by atoms with Crippen LogP contribution in [0.2, 0.25) is 0 Å². The van der Waals surface area contributed by atoms with Gasteiger partial charge in [0.15, 0.2) is 0 Å². The molecule has 0 bridgehead atoms. The van der Waals surface area contributed by atoms with E-state index in [4.69, 9.17) is 5.73 Å². The summed E-state index contributed by atoms with van der Waals surface area (Å²) < 4.78 is 40.1. The van der Waals surface area contributed by atoms with Crippen LogP contribution in [0.4, 0.5) is 18.9 Å². The largest absolute Gasteiger partial charge is 0.411 e. The van der Waals surface area contributed by atoms with Gasteiger partial charge in [0.2, 0.25) is 0 Å². The highest BCUT2D eigenvalue weighted by Gasteiger charge is 2.27. The van der Waals surface area contributed by atoms with Crippen molar-refractivity contribution in [3.05, 3.63) is 28.8 Å². The van der Waals surface area contributed by atoms with Gasteiger partial charge in [0.25, 0.3) is 0 Å². The first-order valence-electron chi connectivity index (χ1n) is 4.79. The van der Waals surface area contributed by atoms with E-state index in [0.717, 1.165) is 11.1 Å². The Morgan fingerprint density at radius 3 is 2.31 bits per heavy atom. The summed E-state index contributed by atoms with van der Waals surface area (Å²) in [6.07, 6.45) is -4.30. The highest BCUT2D eigenvalue weighted by Crippen LogP contribution is 2.20. The van der Waals surface area contributed by atoms with E-state index in [2.05, 4.69) is 4.74 Å². The molecule has 90 valence electrons. The lowest BCUT2D eigenvalue weighted by atomic mass is 10.0. The van der Waals surface area contributed by atoms with E-state index < -0.39 is 12.8 Å². The molecule has 0 aliphatic heterocycles. The normalized spacial score (nSPS) is 11.8. The monoisotopic (exact) mass is 233 g/mol. The Bertz CT molecular complexity index is 374.